The van der Waals surface area contributed by atoms with Crippen LogP contribution in [0, 0.1) is 0 Å². The highest BCUT2D eigenvalue weighted by molar-refractivity contribution is 8.15. The number of aliphatic hydroxyl groups excluding tert-OH is 1. The zero-order valence-corrected chi connectivity index (χ0v) is 11.1. The van der Waals surface area contributed by atoms with Crippen LogP contribution in [-0.4, -0.2) is 15.5 Å². The van der Waals surface area contributed by atoms with Crippen LogP contribution in [0.3, 0.4) is 0 Å². The van der Waals surface area contributed by atoms with Crippen molar-refractivity contribution in [2.75, 3.05) is 0 Å². The predicted octanol–water partition coefficient (Wildman–Crippen LogP) is 4.21. The van der Waals surface area contributed by atoms with Crippen molar-refractivity contribution in [3.05, 3.63) is 11.3 Å². The van der Waals surface area contributed by atoms with E-state index in [2.05, 4.69) is 6.92 Å². The van der Waals surface area contributed by atoms with Crippen LogP contribution in [0.15, 0.2) is 11.3 Å². The van der Waals surface area contributed by atoms with Crippen LogP contribution in [0.5, 0.6) is 0 Å². The fourth-order valence-electron chi connectivity index (χ4n) is 1.93. The summed E-state index contributed by atoms with van der Waals surface area (Å²) < 4.78 is 0. The lowest BCUT2D eigenvalue weighted by molar-refractivity contribution is -0.107. The lowest BCUT2D eigenvalue weighted by Gasteiger charge is -2.08. The van der Waals surface area contributed by atoms with Crippen molar-refractivity contribution in [1.29, 1.82) is 0 Å². The van der Waals surface area contributed by atoms with E-state index in [1.54, 1.807) is 6.92 Å². The molecule has 0 bridgehead atoms. The number of hydrogen-bond acceptors (Lipinski definition) is 3. The quantitative estimate of drug-likeness (QED) is 0.679. The van der Waals surface area contributed by atoms with E-state index in [0.29, 0.717) is 11.3 Å². The molecule has 1 aliphatic rings. The molecule has 0 unspecified atom stereocenters. The van der Waals surface area contributed by atoms with Gasteiger partial charge in [-0.1, -0.05) is 57.2 Å². The van der Waals surface area contributed by atoms with Crippen molar-refractivity contribution in [1.82, 2.24) is 0 Å². The van der Waals surface area contributed by atoms with Crippen molar-refractivity contribution in [2.45, 2.75) is 64.0 Å². The zero-order valence-electron chi connectivity index (χ0n) is 10.3. The Balaban J connectivity index is 2.13. The fraction of sp³-hybridized carbons (Fsp3) is 0.769. The summed E-state index contributed by atoms with van der Waals surface area (Å²) in [5.74, 6) is 0.323. The molecule has 1 heterocycles. The van der Waals surface area contributed by atoms with Crippen LogP contribution in [0.1, 0.15) is 58.8 Å². The Labute approximate surface area is 103 Å². The number of rotatable bonds is 7. The molecule has 2 nitrogen and oxygen atoms in total. The lowest BCUT2D eigenvalue weighted by Crippen LogP contribution is -2.02. The van der Waals surface area contributed by atoms with E-state index in [4.69, 9.17) is 0 Å². The highest BCUT2D eigenvalue weighted by atomic mass is 32.2. The molecular weight excluding hydrogens is 220 g/mol. The molecule has 0 saturated heterocycles. The summed E-state index contributed by atoms with van der Waals surface area (Å²) in [6.45, 7) is 3.93. The van der Waals surface area contributed by atoms with E-state index in [9.17, 15) is 9.90 Å². The first-order valence-electron chi connectivity index (χ1n) is 6.27. The Bertz CT molecular complexity index is 271. The highest BCUT2D eigenvalue weighted by Crippen LogP contribution is 2.35. The molecule has 0 fully saturated rings. The summed E-state index contributed by atoms with van der Waals surface area (Å²) in [6, 6.07) is 0. The van der Waals surface area contributed by atoms with Gasteiger partial charge in [0.15, 0.2) is 0 Å². The first kappa shape index (κ1) is 13.6. The summed E-state index contributed by atoms with van der Waals surface area (Å²) >= 11 is 1.29. The SMILES string of the molecule is CCCCCCCC[C@H]1SC(=O)C(C)=C1O. The molecule has 0 radical (unpaired) electrons. The molecule has 1 rings (SSSR count). The van der Waals surface area contributed by atoms with E-state index >= 15 is 0 Å². The van der Waals surface area contributed by atoms with Gasteiger partial charge in [-0.3, -0.25) is 4.79 Å². The molecule has 1 N–H and O–H groups in total. The molecule has 1 atom stereocenters. The Morgan fingerprint density at radius 1 is 1.19 bits per heavy atom. The van der Waals surface area contributed by atoms with Gasteiger partial charge in [0.25, 0.3) is 0 Å². The first-order chi connectivity index (χ1) is 7.66. The summed E-state index contributed by atoms with van der Waals surface area (Å²) in [4.78, 5) is 11.3. The second-order valence-electron chi connectivity index (χ2n) is 4.46. The summed E-state index contributed by atoms with van der Waals surface area (Å²) in [5, 5.41) is 9.80. The van der Waals surface area contributed by atoms with Gasteiger partial charge < -0.3 is 5.11 Å². The van der Waals surface area contributed by atoms with E-state index in [-0.39, 0.29) is 10.4 Å². The molecule has 0 spiro atoms. The molecule has 92 valence electrons. The summed E-state index contributed by atoms with van der Waals surface area (Å²) in [5.41, 5.74) is 0.556. The summed E-state index contributed by atoms with van der Waals surface area (Å²) in [6.07, 6.45) is 8.46. The molecule has 0 aromatic heterocycles. The van der Waals surface area contributed by atoms with E-state index in [1.807, 2.05) is 0 Å². The molecule has 0 saturated carbocycles. The van der Waals surface area contributed by atoms with E-state index in [0.717, 1.165) is 12.8 Å². The molecule has 0 aliphatic carbocycles. The van der Waals surface area contributed by atoms with E-state index in [1.165, 1.54) is 43.9 Å². The van der Waals surface area contributed by atoms with Crippen LogP contribution < -0.4 is 0 Å². The lowest BCUT2D eigenvalue weighted by atomic mass is 10.1. The third kappa shape index (κ3) is 3.85. The highest BCUT2D eigenvalue weighted by Gasteiger charge is 2.29. The minimum Gasteiger partial charge on any atom is -0.511 e. The maximum absolute atomic E-state index is 11.3. The maximum atomic E-state index is 11.3. The second kappa shape index (κ2) is 7.00. The molecular formula is C13H22O2S. The van der Waals surface area contributed by atoms with E-state index < -0.39 is 0 Å². The standard InChI is InChI=1S/C13H22O2S/c1-3-4-5-6-7-8-9-11-12(14)10(2)13(15)16-11/h11,14H,3-9H2,1-2H3/t11-/m1/s1. The molecule has 0 aromatic carbocycles. The predicted molar refractivity (Wildman–Crippen MR) is 69.7 cm³/mol. The maximum Gasteiger partial charge on any atom is 0.219 e. The number of aliphatic hydroxyl groups is 1. The van der Waals surface area contributed by atoms with Crippen molar-refractivity contribution in [3.63, 3.8) is 0 Å². The molecule has 16 heavy (non-hydrogen) atoms. The van der Waals surface area contributed by atoms with Crippen molar-refractivity contribution >= 4 is 16.9 Å². The van der Waals surface area contributed by atoms with Gasteiger partial charge in [0.05, 0.1) is 5.25 Å². The number of carbonyl (C=O) groups is 1. The third-order valence-corrected chi connectivity index (χ3v) is 4.33. The Kier molecular flexibility index (Phi) is 5.96. The van der Waals surface area contributed by atoms with Crippen LogP contribution in [0.2, 0.25) is 0 Å². The molecule has 0 aromatic rings. The van der Waals surface area contributed by atoms with Crippen molar-refractivity contribution < 1.29 is 9.90 Å². The molecule has 0 amide bonds. The Morgan fingerprint density at radius 2 is 1.81 bits per heavy atom. The minimum absolute atomic E-state index is 0.0404. The number of carbonyl (C=O) groups excluding carboxylic acids is 1. The monoisotopic (exact) mass is 242 g/mol. The Hall–Kier alpha value is -0.440. The normalized spacial score (nSPS) is 20.9. The van der Waals surface area contributed by atoms with Gasteiger partial charge in [0.1, 0.15) is 5.76 Å². The average molecular weight is 242 g/mol. The topological polar surface area (TPSA) is 37.3 Å². The second-order valence-corrected chi connectivity index (χ2v) is 5.64. The number of thioether (sulfide) groups is 1. The van der Waals surface area contributed by atoms with Gasteiger partial charge in [0, 0.05) is 5.57 Å². The van der Waals surface area contributed by atoms with Gasteiger partial charge in [-0.2, -0.15) is 0 Å². The number of unbranched alkanes of at least 4 members (excludes halogenated alkanes) is 5. The minimum atomic E-state index is 0.0404. The number of hydrogen-bond donors (Lipinski definition) is 1. The van der Waals surface area contributed by atoms with Crippen molar-refractivity contribution in [2.24, 2.45) is 0 Å². The molecule has 3 heteroatoms. The largest absolute Gasteiger partial charge is 0.511 e. The smallest absolute Gasteiger partial charge is 0.219 e. The van der Waals surface area contributed by atoms with Gasteiger partial charge in [-0.15, -0.1) is 0 Å². The fourth-order valence-corrected chi connectivity index (χ4v) is 3.04. The van der Waals surface area contributed by atoms with Gasteiger partial charge >= 0.3 is 0 Å². The van der Waals surface area contributed by atoms with Crippen LogP contribution in [-0.2, 0) is 4.79 Å². The zero-order chi connectivity index (χ0) is 12.0. The Morgan fingerprint density at radius 3 is 2.38 bits per heavy atom. The average Bonchev–Trinajstić information content (AvgIpc) is 2.51. The van der Waals surface area contributed by atoms with Crippen LogP contribution >= 0.6 is 11.8 Å². The molecule has 1 aliphatic heterocycles. The summed E-state index contributed by atoms with van der Waals surface area (Å²) in [7, 11) is 0. The third-order valence-electron chi connectivity index (χ3n) is 3.06. The van der Waals surface area contributed by atoms with Gasteiger partial charge in [-0.05, 0) is 13.3 Å². The van der Waals surface area contributed by atoms with Crippen LogP contribution in [0.25, 0.3) is 0 Å². The van der Waals surface area contributed by atoms with Crippen LogP contribution in [0.4, 0.5) is 0 Å². The van der Waals surface area contributed by atoms with Crippen molar-refractivity contribution in [3.8, 4) is 0 Å². The first-order valence-corrected chi connectivity index (χ1v) is 7.15. The van der Waals surface area contributed by atoms with Gasteiger partial charge in [-0.25, -0.2) is 0 Å². The van der Waals surface area contributed by atoms with Gasteiger partial charge in [0.2, 0.25) is 5.12 Å².